The smallest absolute Gasteiger partial charge is 0.149 e. The van der Waals surface area contributed by atoms with E-state index in [1.54, 1.807) is 0 Å². The molecule has 2 aromatic rings. The molecule has 0 aliphatic carbocycles. The van der Waals surface area contributed by atoms with Gasteiger partial charge in [0.1, 0.15) is 39.4 Å². The zero-order chi connectivity index (χ0) is 27.9. The first kappa shape index (κ1) is 34.5. The summed E-state index contributed by atoms with van der Waals surface area (Å²) in [5.41, 5.74) is 2.06. The number of benzene rings is 2. The van der Waals surface area contributed by atoms with Crippen molar-refractivity contribution >= 4 is 103 Å². The van der Waals surface area contributed by atoms with Gasteiger partial charge in [-0.15, -0.1) is 0 Å². The van der Waals surface area contributed by atoms with Gasteiger partial charge in [-0.1, -0.05) is 65.5 Å². The number of ether oxygens (including phenoxy) is 4. The molecule has 0 saturated heterocycles. The Labute approximate surface area is 284 Å². The molecule has 4 nitrogen and oxygen atoms in total. The van der Waals surface area contributed by atoms with Gasteiger partial charge < -0.3 is 18.9 Å². The van der Waals surface area contributed by atoms with Gasteiger partial charge in [-0.2, -0.15) is 0 Å². The fourth-order valence-electron chi connectivity index (χ4n) is 3.58. The van der Waals surface area contributed by atoms with Gasteiger partial charge in [0.15, 0.2) is 0 Å². The third kappa shape index (κ3) is 13.8. The van der Waals surface area contributed by atoms with Gasteiger partial charge in [0.05, 0.1) is 0 Å². The average Bonchev–Trinajstić information content (AvgIpc) is 2.83. The molecule has 0 aliphatic rings. The van der Waals surface area contributed by atoms with Gasteiger partial charge in [0.25, 0.3) is 0 Å². The van der Waals surface area contributed by atoms with Crippen LogP contribution in [-0.4, -0.2) is 16.4 Å². The molecule has 4 unspecified atom stereocenters. The second kappa shape index (κ2) is 19.4. The van der Waals surface area contributed by atoms with Crippen molar-refractivity contribution in [2.45, 2.75) is 95.5 Å². The first-order chi connectivity index (χ1) is 18.3. The molecular weight excluding hydrogens is 932 g/mol. The van der Waals surface area contributed by atoms with Crippen LogP contribution in [0.2, 0.25) is 0 Å². The molecule has 0 saturated carbocycles. The Morgan fingerprint density at radius 1 is 0.474 bits per heavy atom. The van der Waals surface area contributed by atoms with Crippen LogP contribution in [0.15, 0.2) is 36.4 Å². The molecule has 0 N–H and O–H groups in total. The zero-order valence-corrected chi connectivity index (χ0v) is 31.4. The fraction of sp³-hybridized carbons (Fsp3) is 0.533. The highest BCUT2D eigenvalue weighted by molar-refractivity contribution is 14.1. The van der Waals surface area contributed by atoms with E-state index in [0.29, 0.717) is 0 Å². The van der Waals surface area contributed by atoms with Crippen LogP contribution in [0.25, 0.3) is 12.2 Å². The quantitative estimate of drug-likeness (QED) is 0.0847. The molecule has 2 aromatic carbocycles. The van der Waals surface area contributed by atoms with Crippen LogP contribution in [0, 0.1) is 0 Å². The maximum atomic E-state index is 6.23. The predicted octanol–water partition coefficient (Wildman–Crippen LogP) is 11.6. The SMILES string of the molecule is CCCC(I)Oc1cc(/C=C/c2cc(OC(I)CCC)cc(OC(I)CCC)c2)cc(OC(I)CCC)c1. The third-order valence-corrected chi connectivity index (χ3v) is 8.90. The highest BCUT2D eigenvalue weighted by Crippen LogP contribution is 2.31. The molecule has 212 valence electrons. The average molecular weight is 972 g/mol. The Hall–Kier alpha value is 0.300. The van der Waals surface area contributed by atoms with Crippen LogP contribution >= 0.6 is 90.4 Å². The topological polar surface area (TPSA) is 36.9 Å². The molecule has 0 radical (unpaired) electrons. The molecular formula is C30H40I4O4. The molecule has 4 atom stereocenters. The third-order valence-electron chi connectivity index (χ3n) is 5.39. The highest BCUT2D eigenvalue weighted by atomic mass is 127. The van der Waals surface area contributed by atoms with E-state index in [2.05, 4.69) is 154 Å². The Morgan fingerprint density at radius 3 is 0.921 bits per heavy atom. The minimum atomic E-state index is 0.123. The van der Waals surface area contributed by atoms with Gasteiger partial charge in [0.2, 0.25) is 0 Å². The van der Waals surface area contributed by atoms with Gasteiger partial charge in [0, 0.05) is 12.1 Å². The molecule has 0 fully saturated rings. The lowest BCUT2D eigenvalue weighted by Gasteiger charge is -2.17. The predicted molar refractivity (Wildman–Crippen MR) is 195 cm³/mol. The van der Waals surface area contributed by atoms with E-state index in [-0.39, 0.29) is 16.4 Å². The Morgan fingerprint density at radius 2 is 0.711 bits per heavy atom. The van der Waals surface area contributed by atoms with Gasteiger partial charge >= 0.3 is 0 Å². The maximum Gasteiger partial charge on any atom is 0.149 e. The number of rotatable bonds is 18. The number of halogens is 4. The zero-order valence-electron chi connectivity index (χ0n) is 22.7. The molecule has 0 aromatic heterocycles. The van der Waals surface area contributed by atoms with Gasteiger partial charge in [-0.05, 0) is 151 Å². The van der Waals surface area contributed by atoms with Crippen molar-refractivity contribution in [1.29, 1.82) is 0 Å². The summed E-state index contributed by atoms with van der Waals surface area (Å²) >= 11 is 9.46. The Bertz CT molecular complexity index is 843. The lowest BCUT2D eigenvalue weighted by Crippen LogP contribution is -2.09. The lowest BCUT2D eigenvalue weighted by atomic mass is 10.1. The van der Waals surface area contributed by atoms with E-state index in [0.717, 1.165) is 85.5 Å². The Kier molecular flexibility index (Phi) is 17.6. The lowest BCUT2D eigenvalue weighted by molar-refractivity contribution is 0.276. The summed E-state index contributed by atoms with van der Waals surface area (Å²) < 4.78 is 25.4. The summed E-state index contributed by atoms with van der Waals surface area (Å²) in [6.45, 7) is 8.70. The summed E-state index contributed by atoms with van der Waals surface area (Å²) in [5.74, 6) is 3.32. The van der Waals surface area contributed by atoms with Gasteiger partial charge in [-0.3, -0.25) is 0 Å². The van der Waals surface area contributed by atoms with Crippen molar-refractivity contribution in [3.63, 3.8) is 0 Å². The van der Waals surface area contributed by atoms with Crippen molar-refractivity contribution < 1.29 is 18.9 Å². The van der Waals surface area contributed by atoms with E-state index < -0.39 is 0 Å². The van der Waals surface area contributed by atoms with Crippen molar-refractivity contribution in [2.24, 2.45) is 0 Å². The monoisotopic (exact) mass is 972 g/mol. The molecule has 0 heterocycles. The van der Waals surface area contributed by atoms with Crippen LogP contribution in [0.4, 0.5) is 0 Å². The van der Waals surface area contributed by atoms with Crippen LogP contribution < -0.4 is 18.9 Å². The second-order valence-corrected chi connectivity index (χ2v) is 14.6. The molecule has 38 heavy (non-hydrogen) atoms. The molecule has 2 rings (SSSR count). The van der Waals surface area contributed by atoms with E-state index in [1.165, 1.54) is 0 Å². The van der Waals surface area contributed by atoms with E-state index in [1.807, 2.05) is 12.1 Å². The van der Waals surface area contributed by atoms with Crippen molar-refractivity contribution in [3.8, 4) is 23.0 Å². The second-order valence-electron chi connectivity index (χ2n) is 9.08. The number of hydrogen-bond acceptors (Lipinski definition) is 4. The molecule has 8 heteroatoms. The molecule has 0 amide bonds. The van der Waals surface area contributed by atoms with Crippen LogP contribution in [0.1, 0.15) is 90.2 Å². The van der Waals surface area contributed by atoms with E-state index in [9.17, 15) is 0 Å². The minimum Gasteiger partial charge on any atom is -0.480 e. The number of alkyl halides is 4. The molecule has 0 aliphatic heterocycles. The van der Waals surface area contributed by atoms with E-state index in [4.69, 9.17) is 18.9 Å². The Balaban J connectivity index is 2.37. The first-order valence-corrected chi connectivity index (χ1v) is 18.5. The normalized spacial score (nSPS) is 14.6. The summed E-state index contributed by atoms with van der Waals surface area (Å²) in [5, 5.41) is 0. The molecule has 0 bridgehead atoms. The molecule has 0 spiro atoms. The van der Waals surface area contributed by atoms with Crippen LogP contribution in [0.5, 0.6) is 23.0 Å². The first-order valence-electron chi connectivity index (χ1n) is 13.5. The van der Waals surface area contributed by atoms with Gasteiger partial charge in [-0.25, -0.2) is 0 Å². The maximum absolute atomic E-state index is 6.23. The summed E-state index contributed by atoms with van der Waals surface area (Å²) in [7, 11) is 0. The largest absolute Gasteiger partial charge is 0.480 e. The van der Waals surface area contributed by atoms with Crippen LogP contribution in [-0.2, 0) is 0 Å². The summed E-state index contributed by atoms with van der Waals surface area (Å²) in [6, 6.07) is 12.3. The number of hydrogen-bond donors (Lipinski definition) is 0. The standard InChI is InChI=1S/C30H40I4O4/c1-5-9-27(31)35-23-15-21(16-24(19-23)36-28(32)10-6-2)13-14-22-17-25(37-29(33)11-7-3)20-26(18-22)38-30(34)12-8-4/h13-20,27-30H,5-12H2,1-4H3/b14-13+. The highest BCUT2D eigenvalue weighted by Gasteiger charge is 2.12. The minimum absolute atomic E-state index is 0.123. The van der Waals surface area contributed by atoms with Crippen molar-refractivity contribution in [3.05, 3.63) is 47.5 Å². The fourth-order valence-corrected chi connectivity index (χ4v) is 7.24. The van der Waals surface area contributed by atoms with E-state index >= 15 is 0 Å². The summed E-state index contributed by atoms with van der Waals surface area (Å²) in [4.78, 5) is 0. The van der Waals surface area contributed by atoms with Crippen molar-refractivity contribution in [1.82, 2.24) is 0 Å². The van der Waals surface area contributed by atoms with Crippen molar-refractivity contribution in [2.75, 3.05) is 0 Å². The van der Waals surface area contributed by atoms with Crippen LogP contribution in [0.3, 0.4) is 0 Å². The summed E-state index contributed by atoms with van der Waals surface area (Å²) in [6.07, 6.45) is 12.5.